The summed E-state index contributed by atoms with van der Waals surface area (Å²) in [6.45, 7) is 0.248. The molecule has 0 saturated carbocycles. The van der Waals surface area contributed by atoms with Gasteiger partial charge in [0, 0.05) is 7.05 Å². The van der Waals surface area contributed by atoms with E-state index in [1.165, 1.54) is 24.3 Å². The molecule has 102 valence electrons. The maximum absolute atomic E-state index is 12.0. The van der Waals surface area contributed by atoms with Crippen molar-refractivity contribution in [3.8, 4) is 11.5 Å². The van der Waals surface area contributed by atoms with Crippen molar-refractivity contribution in [1.29, 1.82) is 0 Å². The van der Waals surface area contributed by atoms with Gasteiger partial charge in [0.1, 0.15) is 12.4 Å². The van der Waals surface area contributed by atoms with Gasteiger partial charge < -0.3 is 9.47 Å². The van der Waals surface area contributed by atoms with E-state index in [2.05, 4.69) is 9.84 Å². The number of ether oxygens (including phenoxy) is 2. The van der Waals surface area contributed by atoms with Gasteiger partial charge in [0.25, 0.3) is 0 Å². The van der Waals surface area contributed by atoms with E-state index in [1.54, 1.807) is 24.1 Å². The number of rotatable bonds is 4. The van der Waals surface area contributed by atoms with E-state index in [-0.39, 0.29) is 12.4 Å². The fourth-order valence-corrected chi connectivity index (χ4v) is 1.43. The fraction of sp³-hybridized carbons (Fsp3) is 0.250. The Labute approximate surface area is 107 Å². The van der Waals surface area contributed by atoms with Crippen LogP contribution in [0.15, 0.2) is 36.7 Å². The number of aromatic nitrogens is 2. The zero-order chi connectivity index (χ0) is 13.9. The van der Waals surface area contributed by atoms with Crippen molar-refractivity contribution in [1.82, 2.24) is 9.78 Å². The van der Waals surface area contributed by atoms with Gasteiger partial charge in [-0.2, -0.15) is 5.10 Å². The van der Waals surface area contributed by atoms with Crippen LogP contribution in [0.5, 0.6) is 11.5 Å². The van der Waals surface area contributed by atoms with Gasteiger partial charge in [0.15, 0.2) is 5.75 Å². The average molecular weight is 272 g/mol. The Hall–Kier alpha value is -2.18. The predicted octanol–water partition coefficient (Wildman–Crippen LogP) is 2.90. The van der Waals surface area contributed by atoms with E-state index >= 15 is 0 Å². The van der Waals surface area contributed by atoms with Crippen LogP contribution in [0.4, 0.5) is 13.2 Å². The normalized spacial score (nSPS) is 11.4. The Morgan fingerprint density at radius 3 is 2.37 bits per heavy atom. The molecular formula is C12H11F3N2O2. The minimum Gasteiger partial charge on any atom is -0.486 e. The van der Waals surface area contributed by atoms with Crippen LogP contribution in [-0.2, 0) is 13.7 Å². The smallest absolute Gasteiger partial charge is 0.486 e. The van der Waals surface area contributed by atoms with E-state index in [0.717, 1.165) is 5.56 Å². The molecule has 1 heterocycles. The molecule has 0 unspecified atom stereocenters. The van der Waals surface area contributed by atoms with Gasteiger partial charge >= 0.3 is 6.36 Å². The zero-order valence-electron chi connectivity index (χ0n) is 10.0. The lowest BCUT2D eigenvalue weighted by molar-refractivity contribution is -0.274. The molecule has 4 nitrogen and oxygen atoms in total. The number of benzene rings is 1. The zero-order valence-corrected chi connectivity index (χ0v) is 10.0. The summed E-state index contributed by atoms with van der Waals surface area (Å²) >= 11 is 0. The number of aryl methyl sites for hydroxylation is 1. The van der Waals surface area contributed by atoms with Crippen LogP contribution < -0.4 is 9.47 Å². The van der Waals surface area contributed by atoms with Gasteiger partial charge in [0.2, 0.25) is 0 Å². The number of alkyl halides is 3. The SMILES string of the molecule is Cn1cc(OCc2ccc(OC(F)(F)F)cc2)cn1. The summed E-state index contributed by atoms with van der Waals surface area (Å²) in [5.41, 5.74) is 0.735. The first kappa shape index (κ1) is 13.3. The Balaban J connectivity index is 1.91. The summed E-state index contributed by atoms with van der Waals surface area (Å²) in [4.78, 5) is 0. The van der Waals surface area contributed by atoms with Crippen LogP contribution in [0.25, 0.3) is 0 Å². The molecule has 0 amide bonds. The number of hydrogen-bond acceptors (Lipinski definition) is 3. The average Bonchev–Trinajstić information content (AvgIpc) is 2.72. The molecule has 1 aromatic carbocycles. The number of halogens is 3. The van der Waals surface area contributed by atoms with Crippen LogP contribution in [0.2, 0.25) is 0 Å². The molecule has 0 saturated heterocycles. The molecule has 19 heavy (non-hydrogen) atoms. The first-order valence-corrected chi connectivity index (χ1v) is 5.38. The number of nitrogens with zero attached hydrogens (tertiary/aromatic N) is 2. The van der Waals surface area contributed by atoms with Crippen molar-refractivity contribution in [3.63, 3.8) is 0 Å². The summed E-state index contributed by atoms with van der Waals surface area (Å²) in [5.74, 6) is 0.343. The summed E-state index contributed by atoms with van der Waals surface area (Å²) in [5, 5.41) is 3.93. The highest BCUT2D eigenvalue weighted by Gasteiger charge is 2.30. The molecule has 1 aromatic heterocycles. The van der Waals surface area contributed by atoms with Crippen molar-refractivity contribution < 1.29 is 22.6 Å². The van der Waals surface area contributed by atoms with Crippen molar-refractivity contribution >= 4 is 0 Å². The monoisotopic (exact) mass is 272 g/mol. The highest BCUT2D eigenvalue weighted by molar-refractivity contribution is 5.27. The molecule has 0 aliphatic rings. The molecular weight excluding hydrogens is 261 g/mol. The van der Waals surface area contributed by atoms with Gasteiger partial charge in [-0.05, 0) is 17.7 Å². The van der Waals surface area contributed by atoms with Crippen LogP contribution >= 0.6 is 0 Å². The molecule has 7 heteroatoms. The van der Waals surface area contributed by atoms with E-state index in [1.807, 2.05) is 0 Å². The molecule has 0 radical (unpaired) electrons. The second kappa shape index (κ2) is 5.21. The molecule has 0 bridgehead atoms. The molecule has 2 aromatic rings. The van der Waals surface area contributed by atoms with Gasteiger partial charge in [-0.15, -0.1) is 13.2 Å². The summed E-state index contributed by atoms with van der Waals surface area (Å²) in [7, 11) is 1.76. The van der Waals surface area contributed by atoms with Crippen molar-refractivity contribution in [2.24, 2.45) is 7.05 Å². The van der Waals surface area contributed by atoms with E-state index in [4.69, 9.17) is 4.74 Å². The standard InChI is InChI=1S/C12H11F3N2O2/c1-17-7-11(6-16-17)18-8-9-2-4-10(5-3-9)19-12(13,14)15/h2-7H,8H2,1H3. The lowest BCUT2D eigenvalue weighted by Crippen LogP contribution is -2.17. The summed E-state index contributed by atoms with van der Waals surface area (Å²) in [6, 6.07) is 5.51. The molecule has 0 aliphatic heterocycles. The topological polar surface area (TPSA) is 36.3 Å². The van der Waals surface area contributed by atoms with Crippen LogP contribution in [-0.4, -0.2) is 16.1 Å². The molecule has 0 N–H and O–H groups in total. The van der Waals surface area contributed by atoms with Crippen LogP contribution in [0, 0.1) is 0 Å². The third-order valence-electron chi connectivity index (χ3n) is 2.24. The van der Waals surface area contributed by atoms with E-state index in [0.29, 0.717) is 5.75 Å². The van der Waals surface area contributed by atoms with Crippen molar-refractivity contribution in [2.75, 3.05) is 0 Å². The Morgan fingerprint density at radius 2 is 1.84 bits per heavy atom. The van der Waals surface area contributed by atoms with Gasteiger partial charge in [-0.25, -0.2) is 0 Å². The highest BCUT2D eigenvalue weighted by Crippen LogP contribution is 2.23. The summed E-state index contributed by atoms with van der Waals surface area (Å²) < 4.78 is 46.6. The van der Waals surface area contributed by atoms with Gasteiger partial charge in [-0.1, -0.05) is 12.1 Å². The number of hydrogen-bond donors (Lipinski definition) is 0. The minimum atomic E-state index is -4.67. The van der Waals surface area contributed by atoms with E-state index < -0.39 is 6.36 Å². The fourth-order valence-electron chi connectivity index (χ4n) is 1.43. The Kier molecular flexibility index (Phi) is 3.64. The molecule has 0 fully saturated rings. The predicted molar refractivity (Wildman–Crippen MR) is 60.7 cm³/mol. The summed E-state index contributed by atoms with van der Waals surface area (Å²) in [6.07, 6.45) is -1.42. The Bertz CT molecular complexity index is 535. The third-order valence-corrected chi connectivity index (χ3v) is 2.24. The quantitative estimate of drug-likeness (QED) is 0.858. The molecule has 2 rings (SSSR count). The molecule has 0 spiro atoms. The molecule has 0 aliphatic carbocycles. The first-order chi connectivity index (χ1) is 8.92. The van der Waals surface area contributed by atoms with Gasteiger partial charge in [0.05, 0.1) is 12.4 Å². The van der Waals surface area contributed by atoms with Crippen molar-refractivity contribution in [3.05, 3.63) is 42.2 Å². The van der Waals surface area contributed by atoms with Crippen LogP contribution in [0.3, 0.4) is 0 Å². The maximum atomic E-state index is 12.0. The second-order valence-electron chi connectivity index (χ2n) is 3.83. The van der Waals surface area contributed by atoms with Crippen molar-refractivity contribution in [2.45, 2.75) is 13.0 Å². The lowest BCUT2D eigenvalue weighted by atomic mass is 10.2. The van der Waals surface area contributed by atoms with E-state index in [9.17, 15) is 13.2 Å². The maximum Gasteiger partial charge on any atom is 0.573 e. The molecule has 0 atom stereocenters. The lowest BCUT2D eigenvalue weighted by Gasteiger charge is -2.09. The highest BCUT2D eigenvalue weighted by atomic mass is 19.4. The first-order valence-electron chi connectivity index (χ1n) is 5.38. The Morgan fingerprint density at radius 1 is 1.16 bits per heavy atom. The third kappa shape index (κ3) is 4.20. The minimum absolute atomic E-state index is 0.248. The van der Waals surface area contributed by atoms with Gasteiger partial charge in [-0.3, -0.25) is 4.68 Å². The van der Waals surface area contributed by atoms with Crippen LogP contribution in [0.1, 0.15) is 5.56 Å². The largest absolute Gasteiger partial charge is 0.573 e. The second-order valence-corrected chi connectivity index (χ2v) is 3.83.